The zero-order valence-electron chi connectivity index (χ0n) is 15.1. The molecule has 0 saturated carbocycles. The second-order valence-electron chi connectivity index (χ2n) is 5.79. The number of ketones is 1. The predicted molar refractivity (Wildman–Crippen MR) is 97.3 cm³/mol. The second kappa shape index (κ2) is 8.84. The number of aromatic nitrogens is 1. The molecule has 1 aromatic carbocycles. The first-order valence-electron chi connectivity index (χ1n) is 8.38. The molecule has 2 rings (SSSR count). The fourth-order valence-corrected chi connectivity index (χ4v) is 2.48. The zero-order chi connectivity index (χ0) is 19.1. The van der Waals surface area contributed by atoms with Crippen LogP contribution in [-0.4, -0.2) is 36.2 Å². The smallest absolute Gasteiger partial charge is 0.268 e. The van der Waals surface area contributed by atoms with Gasteiger partial charge < -0.3 is 20.4 Å². The number of H-pyrrole nitrogens is 1. The fourth-order valence-electron chi connectivity index (χ4n) is 2.48. The van der Waals surface area contributed by atoms with E-state index < -0.39 is 0 Å². The molecule has 7 heteroatoms. The molecule has 0 bridgehead atoms. The van der Waals surface area contributed by atoms with Gasteiger partial charge in [0, 0.05) is 24.4 Å². The van der Waals surface area contributed by atoms with Gasteiger partial charge in [0.05, 0.1) is 6.04 Å². The Morgan fingerprint density at radius 2 is 1.96 bits per heavy atom. The summed E-state index contributed by atoms with van der Waals surface area (Å²) in [6.07, 6.45) is 2.14. The number of nitrogens with one attached hydrogen (secondary N) is 3. The molecule has 1 heterocycles. The van der Waals surface area contributed by atoms with Crippen LogP contribution in [0.3, 0.4) is 0 Å². The van der Waals surface area contributed by atoms with Crippen molar-refractivity contribution in [1.82, 2.24) is 15.6 Å². The Kier molecular flexibility index (Phi) is 6.54. The van der Waals surface area contributed by atoms with E-state index in [1.807, 2.05) is 19.1 Å². The predicted octanol–water partition coefficient (Wildman–Crippen LogP) is 2.22. The van der Waals surface area contributed by atoms with Crippen LogP contribution in [0.25, 0.3) is 0 Å². The summed E-state index contributed by atoms with van der Waals surface area (Å²) >= 11 is 0. The van der Waals surface area contributed by atoms with Crippen molar-refractivity contribution in [2.75, 3.05) is 13.7 Å². The average molecular weight is 357 g/mol. The molecule has 0 aliphatic heterocycles. The van der Waals surface area contributed by atoms with Gasteiger partial charge in [-0.15, -0.1) is 0 Å². The van der Waals surface area contributed by atoms with E-state index in [4.69, 9.17) is 4.74 Å². The Morgan fingerprint density at radius 1 is 1.23 bits per heavy atom. The van der Waals surface area contributed by atoms with E-state index in [0.29, 0.717) is 23.4 Å². The lowest BCUT2D eigenvalue weighted by molar-refractivity contribution is -0.122. The van der Waals surface area contributed by atoms with Gasteiger partial charge in [0.25, 0.3) is 11.8 Å². The van der Waals surface area contributed by atoms with Gasteiger partial charge in [-0.3, -0.25) is 14.4 Å². The standard InChI is InChI=1S/C19H23N3O4/c1-4-15(22-19(25)16-9-13(10-21-16)12(2)23)14-7-5-6-8-17(14)26-11-18(24)20-3/h5-10,15,21H,4,11H2,1-3H3,(H,20,24)(H,22,25). The SMILES string of the molecule is CCC(NC(=O)c1cc(C(C)=O)c[nH]1)c1ccccc1OCC(=O)NC. The molecule has 26 heavy (non-hydrogen) atoms. The number of hydrogen-bond donors (Lipinski definition) is 3. The number of para-hydroxylation sites is 1. The van der Waals surface area contributed by atoms with E-state index in [2.05, 4.69) is 15.6 Å². The van der Waals surface area contributed by atoms with Gasteiger partial charge in [0.15, 0.2) is 12.4 Å². The topological polar surface area (TPSA) is 100 Å². The maximum Gasteiger partial charge on any atom is 0.268 e. The van der Waals surface area contributed by atoms with Gasteiger partial charge in [0.2, 0.25) is 0 Å². The molecule has 7 nitrogen and oxygen atoms in total. The molecule has 1 atom stereocenters. The molecule has 2 aromatic rings. The molecule has 0 aliphatic carbocycles. The van der Waals surface area contributed by atoms with E-state index in [1.54, 1.807) is 19.2 Å². The van der Waals surface area contributed by atoms with Gasteiger partial charge in [-0.2, -0.15) is 0 Å². The van der Waals surface area contributed by atoms with Crippen molar-refractivity contribution in [3.05, 3.63) is 53.3 Å². The van der Waals surface area contributed by atoms with Gasteiger partial charge in [0.1, 0.15) is 11.4 Å². The number of Topliss-reactive ketones (excluding diaryl/α,β-unsaturated/α-hetero) is 1. The maximum atomic E-state index is 12.5. The summed E-state index contributed by atoms with van der Waals surface area (Å²) in [5, 5.41) is 5.43. The molecular weight excluding hydrogens is 334 g/mol. The van der Waals surface area contributed by atoms with Crippen LogP contribution in [0.4, 0.5) is 0 Å². The lowest BCUT2D eigenvalue weighted by Gasteiger charge is -2.20. The minimum Gasteiger partial charge on any atom is -0.483 e. The van der Waals surface area contributed by atoms with E-state index >= 15 is 0 Å². The van der Waals surface area contributed by atoms with Crippen LogP contribution >= 0.6 is 0 Å². The Bertz CT molecular complexity index is 798. The number of carbonyl (C=O) groups is 3. The summed E-state index contributed by atoms with van der Waals surface area (Å²) in [5.41, 5.74) is 1.56. The van der Waals surface area contributed by atoms with E-state index in [-0.39, 0.29) is 30.2 Å². The van der Waals surface area contributed by atoms with Gasteiger partial charge in [-0.25, -0.2) is 0 Å². The molecule has 1 unspecified atom stereocenters. The van der Waals surface area contributed by atoms with Crippen molar-refractivity contribution < 1.29 is 19.1 Å². The van der Waals surface area contributed by atoms with E-state index in [1.165, 1.54) is 19.2 Å². The van der Waals surface area contributed by atoms with Gasteiger partial charge in [-0.1, -0.05) is 25.1 Å². The van der Waals surface area contributed by atoms with Gasteiger partial charge in [-0.05, 0) is 25.5 Å². The minimum absolute atomic E-state index is 0.101. The largest absolute Gasteiger partial charge is 0.483 e. The van der Waals surface area contributed by atoms with Crippen molar-refractivity contribution in [1.29, 1.82) is 0 Å². The molecule has 0 radical (unpaired) electrons. The third kappa shape index (κ3) is 4.72. The molecule has 0 spiro atoms. The lowest BCUT2D eigenvalue weighted by atomic mass is 10.0. The normalized spacial score (nSPS) is 11.5. The number of aromatic amines is 1. The molecule has 0 fully saturated rings. The third-order valence-electron chi connectivity index (χ3n) is 3.98. The van der Waals surface area contributed by atoms with Crippen LogP contribution in [0.15, 0.2) is 36.5 Å². The van der Waals surface area contributed by atoms with E-state index in [0.717, 1.165) is 5.56 Å². The molecule has 0 saturated heterocycles. The number of benzene rings is 1. The first kappa shape index (κ1) is 19.2. The lowest BCUT2D eigenvalue weighted by Crippen LogP contribution is -2.29. The highest BCUT2D eigenvalue weighted by Gasteiger charge is 2.19. The zero-order valence-corrected chi connectivity index (χ0v) is 15.1. The Morgan fingerprint density at radius 3 is 2.58 bits per heavy atom. The second-order valence-corrected chi connectivity index (χ2v) is 5.79. The van der Waals surface area contributed by atoms with E-state index in [9.17, 15) is 14.4 Å². The molecule has 138 valence electrons. The van der Waals surface area contributed by atoms with Crippen molar-refractivity contribution in [3.8, 4) is 5.75 Å². The molecule has 3 N–H and O–H groups in total. The highest BCUT2D eigenvalue weighted by atomic mass is 16.5. The van der Waals surface area contributed by atoms with Crippen LogP contribution in [0.5, 0.6) is 5.75 Å². The van der Waals surface area contributed by atoms with Crippen molar-refractivity contribution >= 4 is 17.6 Å². The average Bonchev–Trinajstić information content (AvgIpc) is 3.15. The summed E-state index contributed by atoms with van der Waals surface area (Å²) in [6.45, 7) is 3.28. The Balaban J connectivity index is 2.15. The van der Waals surface area contributed by atoms with Crippen molar-refractivity contribution in [2.45, 2.75) is 26.3 Å². The first-order chi connectivity index (χ1) is 12.5. The van der Waals surface area contributed by atoms with Crippen LogP contribution in [0.2, 0.25) is 0 Å². The number of likely N-dealkylation sites (N-methyl/N-ethyl adjacent to an activating group) is 1. The molecule has 0 aliphatic rings. The Labute approximate surface area is 152 Å². The summed E-state index contributed by atoms with van der Waals surface area (Å²) in [4.78, 5) is 38.1. The first-order valence-corrected chi connectivity index (χ1v) is 8.38. The number of rotatable bonds is 8. The third-order valence-corrected chi connectivity index (χ3v) is 3.98. The number of ether oxygens (including phenoxy) is 1. The van der Waals surface area contributed by atoms with Gasteiger partial charge >= 0.3 is 0 Å². The monoisotopic (exact) mass is 357 g/mol. The highest BCUT2D eigenvalue weighted by molar-refractivity contribution is 5.99. The number of amides is 2. The molecule has 2 amide bonds. The number of carbonyl (C=O) groups excluding carboxylic acids is 3. The summed E-state index contributed by atoms with van der Waals surface area (Å²) in [6, 6.07) is 8.49. The summed E-state index contributed by atoms with van der Waals surface area (Å²) in [7, 11) is 1.54. The van der Waals surface area contributed by atoms with Crippen LogP contribution in [0.1, 0.15) is 52.7 Å². The summed E-state index contributed by atoms with van der Waals surface area (Å²) < 4.78 is 5.58. The molecule has 1 aromatic heterocycles. The Hall–Kier alpha value is -3.09. The summed E-state index contributed by atoms with van der Waals surface area (Å²) in [5.74, 6) is -0.120. The quantitative estimate of drug-likeness (QED) is 0.631. The maximum absolute atomic E-state index is 12.5. The fraction of sp³-hybridized carbons (Fsp3) is 0.316. The van der Waals surface area contributed by atoms with Crippen LogP contribution in [0, 0.1) is 0 Å². The molecular formula is C19H23N3O4. The minimum atomic E-state index is -0.314. The number of hydrogen-bond acceptors (Lipinski definition) is 4. The van der Waals surface area contributed by atoms with Crippen molar-refractivity contribution in [2.24, 2.45) is 0 Å². The van der Waals surface area contributed by atoms with Crippen LogP contribution < -0.4 is 15.4 Å². The van der Waals surface area contributed by atoms with Crippen molar-refractivity contribution in [3.63, 3.8) is 0 Å². The van der Waals surface area contributed by atoms with Crippen LogP contribution in [-0.2, 0) is 4.79 Å². The highest BCUT2D eigenvalue weighted by Crippen LogP contribution is 2.27.